The van der Waals surface area contributed by atoms with Gasteiger partial charge in [0.25, 0.3) is 0 Å². The fraction of sp³-hybridized carbons (Fsp3) is 0.500. The van der Waals surface area contributed by atoms with E-state index in [1.807, 2.05) is 0 Å². The van der Waals surface area contributed by atoms with Crippen molar-refractivity contribution in [1.82, 2.24) is 4.72 Å². The zero-order chi connectivity index (χ0) is 14.0. The van der Waals surface area contributed by atoms with Crippen LogP contribution in [0.5, 0.6) is 0 Å². The number of para-hydroxylation sites is 1. The van der Waals surface area contributed by atoms with E-state index in [1.54, 1.807) is 6.92 Å². The zero-order valence-corrected chi connectivity index (χ0v) is 11.4. The van der Waals surface area contributed by atoms with Gasteiger partial charge in [-0.3, -0.25) is 0 Å². The average molecular weight is 288 g/mol. The molecule has 1 saturated heterocycles. The van der Waals surface area contributed by atoms with Crippen molar-refractivity contribution in [3.05, 3.63) is 24.0 Å². The second-order valence-corrected chi connectivity index (χ2v) is 6.37. The van der Waals surface area contributed by atoms with E-state index in [4.69, 9.17) is 10.5 Å². The number of rotatable bonds is 4. The molecule has 1 aliphatic rings. The highest BCUT2D eigenvalue weighted by molar-refractivity contribution is 7.89. The van der Waals surface area contributed by atoms with Gasteiger partial charge in [0.2, 0.25) is 10.0 Å². The Labute approximate surface area is 112 Å². The van der Waals surface area contributed by atoms with Crippen LogP contribution in [-0.4, -0.2) is 27.7 Å². The number of nitrogen functional groups attached to an aromatic ring is 1. The molecular weight excluding hydrogens is 271 g/mol. The quantitative estimate of drug-likeness (QED) is 0.813. The zero-order valence-electron chi connectivity index (χ0n) is 10.6. The Morgan fingerprint density at radius 3 is 2.89 bits per heavy atom. The van der Waals surface area contributed by atoms with E-state index in [1.165, 1.54) is 12.1 Å². The summed E-state index contributed by atoms with van der Waals surface area (Å²) in [7, 11) is -3.82. The van der Waals surface area contributed by atoms with Crippen LogP contribution in [0.25, 0.3) is 0 Å². The lowest BCUT2D eigenvalue weighted by Gasteiger charge is -2.19. The maximum Gasteiger partial charge on any atom is 0.242 e. The van der Waals surface area contributed by atoms with Crippen LogP contribution >= 0.6 is 0 Å². The van der Waals surface area contributed by atoms with Crippen molar-refractivity contribution in [3.8, 4) is 0 Å². The van der Waals surface area contributed by atoms with Crippen LogP contribution in [0.15, 0.2) is 23.1 Å². The second-order valence-electron chi connectivity index (χ2n) is 4.69. The summed E-state index contributed by atoms with van der Waals surface area (Å²) in [6, 6.07) is 3.46. The highest BCUT2D eigenvalue weighted by atomic mass is 32.2. The maximum atomic E-state index is 13.3. The number of benzene rings is 1. The SMILES string of the molecule is CC(NS(=O)(=O)c1cccc(F)c1N)C1CCOC1. The topological polar surface area (TPSA) is 81.4 Å². The van der Waals surface area contributed by atoms with Crippen LogP contribution in [-0.2, 0) is 14.8 Å². The summed E-state index contributed by atoms with van der Waals surface area (Å²) in [6.45, 7) is 2.94. The summed E-state index contributed by atoms with van der Waals surface area (Å²) in [6.07, 6.45) is 0.808. The Morgan fingerprint density at radius 2 is 2.26 bits per heavy atom. The molecule has 1 heterocycles. The molecule has 0 saturated carbocycles. The van der Waals surface area contributed by atoms with Gasteiger partial charge >= 0.3 is 0 Å². The predicted molar refractivity (Wildman–Crippen MR) is 69.5 cm³/mol. The molecule has 5 nitrogen and oxygen atoms in total. The van der Waals surface area contributed by atoms with Crippen LogP contribution in [0.4, 0.5) is 10.1 Å². The van der Waals surface area contributed by atoms with Gasteiger partial charge in [0, 0.05) is 18.6 Å². The number of ether oxygens (including phenoxy) is 1. The van der Waals surface area contributed by atoms with Crippen molar-refractivity contribution >= 4 is 15.7 Å². The van der Waals surface area contributed by atoms with E-state index in [9.17, 15) is 12.8 Å². The molecule has 106 valence electrons. The number of hydrogen-bond donors (Lipinski definition) is 2. The van der Waals surface area contributed by atoms with Gasteiger partial charge in [-0.05, 0) is 25.5 Å². The first-order valence-corrected chi connectivity index (χ1v) is 7.54. The molecule has 2 rings (SSSR count). The monoisotopic (exact) mass is 288 g/mol. The van der Waals surface area contributed by atoms with Gasteiger partial charge in [-0.15, -0.1) is 0 Å². The molecule has 0 bridgehead atoms. The van der Waals surface area contributed by atoms with Gasteiger partial charge in [0.05, 0.1) is 12.3 Å². The summed E-state index contributed by atoms with van der Waals surface area (Å²) in [4.78, 5) is -0.224. The Bertz CT molecular complexity index is 556. The minimum absolute atomic E-state index is 0.129. The Kier molecular flexibility index (Phi) is 4.07. The van der Waals surface area contributed by atoms with Gasteiger partial charge < -0.3 is 10.5 Å². The van der Waals surface area contributed by atoms with Crippen LogP contribution < -0.4 is 10.5 Å². The third-order valence-corrected chi connectivity index (χ3v) is 4.93. The van der Waals surface area contributed by atoms with E-state index in [0.29, 0.717) is 13.2 Å². The number of anilines is 1. The molecule has 7 heteroatoms. The van der Waals surface area contributed by atoms with Crippen molar-refractivity contribution in [3.63, 3.8) is 0 Å². The number of halogens is 1. The molecule has 0 amide bonds. The Morgan fingerprint density at radius 1 is 1.53 bits per heavy atom. The second kappa shape index (κ2) is 5.44. The molecule has 2 atom stereocenters. The first-order chi connectivity index (χ1) is 8.92. The van der Waals surface area contributed by atoms with Crippen LogP contribution in [0, 0.1) is 11.7 Å². The highest BCUT2D eigenvalue weighted by Crippen LogP contribution is 2.23. The molecule has 2 unspecified atom stereocenters. The summed E-state index contributed by atoms with van der Waals surface area (Å²) >= 11 is 0. The van der Waals surface area contributed by atoms with Gasteiger partial charge in [-0.25, -0.2) is 17.5 Å². The van der Waals surface area contributed by atoms with Crippen molar-refractivity contribution in [2.75, 3.05) is 18.9 Å². The normalized spacial score (nSPS) is 21.5. The van der Waals surface area contributed by atoms with Crippen LogP contribution in [0.1, 0.15) is 13.3 Å². The molecule has 19 heavy (non-hydrogen) atoms. The smallest absolute Gasteiger partial charge is 0.242 e. The lowest BCUT2D eigenvalue weighted by Crippen LogP contribution is -2.38. The van der Waals surface area contributed by atoms with Crippen LogP contribution in [0.2, 0.25) is 0 Å². The minimum atomic E-state index is -3.82. The van der Waals surface area contributed by atoms with Crippen molar-refractivity contribution < 1.29 is 17.5 Å². The molecule has 1 aromatic rings. The lowest BCUT2D eigenvalue weighted by molar-refractivity contribution is 0.180. The third-order valence-electron chi connectivity index (χ3n) is 3.32. The molecule has 0 aliphatic carbocycles. The molecule has 3 N–H and O–H groups in total. The lowest BCUT2D eigenvalue weighted by atomic mass is 10.0. The fourth-order valence-electron chi connectivity index (χ4n) is 2.10. The van der Waals surface area contributed by atoms with E-state index in [0.717, 1.165) is 12.5 Å². The van der Waals surface area contributed by atoms with E-state index in [2.05, 4.69) is 4.72 Å². The summed E-state index contributed by atoms with van der Waals surface area (Å²) in [5.41, 5.74) is 5.12. The number of hydrogen-bond acceptors (Lipinski definition) is 4. The Balaban J connectivity index is 2.20. The molecule has 1 aliphatic heterocycles. The fourth-order valence-corrected chi connectivity index (χ4v) is 3.56. The van der Waals surface area contributed by atoms with E-state index < -0.39 is 15.8 Å². The average Bonchev–Trinajstić information content (AvgIpc) is 2.85. The Hall–Kier alpha value is -1.18. The largest absolute Gasteiger partial charge is 0.395 e. The molecular formula is C12H17FN2O3S. The molecule has 0 aromatic heterocycles. The maximum absolute atomic E-state index is 13.3. The van der Waals surface area contributed by atoms with Gasteiger partial charge in [-0.2, -0.15) is 0 Å². The first-order valence-electron chi connectivity index (χ1n) is 6.06. The predicted octanol–water partition coefficient (Wildman–Crippen LogP) is 1.11. The van der Waals surface area contributed by atoms with Gasteiger partial charge in [0.1, 0.15) is 10.7 Å². The molecule has 1 fully saturated rings. The third kappa shape index (κ3) is 3.05. The number of nitrogens with one attached hydrogen (secondary N) is 1. The summed E-state index contributed by atoms with van der Waals surface area (Å²) < 4.78 is 45.4. The summed E-state index contributed by atoms with van der Waals surface area (Å²) in [5, 5.41) is 0. The summed E-state index contributed by atoms with van der Waals surface area (Å²) in [5.74, 6) is -0.607. The highest BCUT2D eigenvalue weighted by Gasteiger charge is 2.28. The van der Waals surface area contributed by atoms with Gasteiger partial charge in [0.15, 0.2) is 0 Å². The number of nitrogens with two attached hydrogens (primary N) is 1. The van der Waals surface area contributed by atoms with Crippen molar-refractivity contribution in [1.29, 1.82) is 0 Å². The van der Waals surface area contributed by atoms with E-state index >= 15 is 0 Å². The number of sulfonamides is 1. The minimum Gasteiger partial charge on any atom is -0.395 e. The van der Waals surface area contributed by atoms with Gasteiger partial charge in [-0.1, -0.05) is 6.07 Å². The van der Waals surface area contributed by atoms with Crippen LogP contribution in [0.3, 0.4) is 0 Å². The van der Waals surface area contributed by atoms with E-state index in [-0.39, 0.29) is 22.5 Å². The molecule has 1 aromatic carbocycles. The standard InChI is InChI=1S/C12H17FN2O3S/c1-8(9-5-6-18-7-9)15-19(16,17)11-4-2-3-10(13)12(11)14/h2-4,8-9,15H,5-7,14H2,1H3. The first kappa shape index (κ1) is 14.2. The van der Waals surface area contributed by atoms with Crippen molar-refractivity contribution in [2.45, 2.75) is 24.3 Å². The van der Waals surface area contributed by atoms with Crippen molar-refractivity contribution in [2.24, 2.45) is 5.92 Å². The molecule has 0 spiro atoms. The molecule has 0 radical (unpaired) electrons.